The predicted octanol–water partition coefficient (Wildman–Crippen LogP) is 10.2. The number of hydrogen-bond donors (Lipinski definition) is 3. The van der Waals surface area contributed by atoms with Crippen LogP contribution in [-0.4, -0.2) is 51.2 Å². The van der Waals surface area contributed by atoms with Crippen molar-refractivity contribution in [2.24, 2.45) is 50.2 Å². The van der Waals surface area contributed by atoms with Gasteiger partial charge in [0.25, 0.3) is 0 Å². The van der Waals surface area contributed by atoms with E-state index in [1.165, 1.54) is 0 Å². The fourth-order valence-electron chi connectivity index (χ4n) is 9.88. The molecule has 3 N–H and O–H groups in total. The van der Waals surface area contributed by atoms with Gasteiger partial charge in [-0.25, -0.2) is 0 Å². The van der Waals surface area contributed by atoms with Crippen LogP contribution in [0.5, 0.6) is 0 Å². The van der Waals surface area contributed by atoms with Crippen molar-refractivity contribution in [1.82, 2.24) is 0 Å². The van der Waals surface area contributed by atoms with E-state index in [1.807, 2.05) is 0 Å². The molecule has 0 radical (unpaired) electrons. The Hall–Kier alpha value is -1.48. The van der Waals surface area contributed by atoms with E-state index in [0.717, 1.165) is 0 Å². The van der Waals surface area contributed by atoms with Gasteiger partial charge in [0, 0.05) is 79.9 Å². The number of alkyl halides is 9. The van der Waals surface area contributed by atoms with Gasteiger partial charge in [-0.05, 0) is 72.5 Å². The molecule has 6 aliphatic rings. The summed E-state index contributed by atoms with van der Waals surface area (Å²) in [6.07, 6.45) is -11.1. The Morgan fingerprint density at radius 1 is 0.462 bits per heavy atom. The molecule has 0 saturated heterocycles. The maximum absolute atomic E-state index is 12.5. The largest absolute Gasteiger partial charge is 0.504 e. The zero-order valence-electron chi connectivity index (χ0n) is 30.2. The number of aliphatic hydroxyl groups excluding tert-OH is 3. The van der Waals surface area contributed by atoms with E-state index in [9.17, 15) is 69.2 Å². The Morgan fingerprint density at radius 2 is 0.635 bits per heavy atom. The van der Waals surface area contributed by atoms with Crippen LogP contribution >= 0.6 is 0 Å². The normalized spacial score (nSPS) is 38.0. The molecule has 0 unspecified atom stereocenters. The van der Waals surface area contributed by atoms with Crippen molar-refractivity contribution in [2.75, 3.05) is 0 Å². The topological polar surface area (TPSA) is 112 Å². The average molecular weight is 918 g/mol. The molecular weight excluding hydrogens is 872 g/mol. The molecule has 52 heavy (non-hydrogen) atoms. The Labute approximate surface area is 335 Å². The van der Waals surface area contributed by atoms with Crippen molar-refractivity contribution in [3.05, 3.63) is 34.0 Å². The van der Waals surface area contributed by atoms with Crippen LogP contribution < -0.4 is 0 Å². The molecule has 0 heterocycles. The third kappa shape index (κ3) is 6.15. The predicted molar refractivity (Wildman–Crippen MR) is 166 cm³/mol. The summed E-state index contributed by atoms with van der Waals surface area (Å²) in [6, 6.07) is 0. The second kappa shape index (κ2) is 13.0. The van der Waals surface area contributed by atoms with E-state index < -0.39 is 120 Å². The van der Waals surface area contributed by atoms with Crippen LogP contribution in [0.15, 0.2) is 34.0 Å². The first kappa shape index (κ1) is 44.9. The maximum atomic E-state index is 12.5. The minimum atomic E-state index is -4.83. The number of Topliss-reactive ketones (excluding diaryl/α,β-unsaturated/α-hetero) is 3. The zero-order valence-corrected chi connectivity index (χ0v) is 31.9. The van der Waals surface area contributed by atoms with Crippen LogP contribution in [0.3, 0.4) is 0 Å². The molecule has 6 nitrogen and oxygen atoms in total. The van der Waals surface area contributed by atoms with E-state index >= 15 is 0 Å². The molecule has 6 rings (SSSR count). The van der Waals surface area contributed by atoms with Gasteiger partial charge in [0.15, 0.2) is 17.3 Å². The Balaban J connectivity index is 0.000000208. The second-order valence-electron chi connectivity index (χ2n) is 17.2. The molecule has 0 aromatic carbocycles. The number of fused-ring (bicyclic) bond motifs is 6. The molecule has 0 aliphatic heterocycles. The smallest absolute Gasteiger partial charge is 0.449 e. The van der Waals surface area contributed by atoms with E-state index in [1.54, 1.807) is 62.3 Å². The average Bonchev–Trinajstić information content (AvgIpc) is 3.59. The summed E-state index contributed by atoms with van der Waals surface area (Å²) in [4.78, 5) is 36.2. The fraction of sp³-hybridized carbons (Fsp3) is 0.750. The minimum Gasteiger partial charge on any atom is -0.504 e. The van der Waals surface area contributed by atoms with Crippen molar-refractivity contribution < 1.29 is 116 Å². The molecule has 16 heteroatoms. The summed E-state index contributed by atoms with van der Waals surface area (Å²) >= 11 is 0. The first-order chi connectivity index (χ1) is 22.6. The Bertz CT molecular complexity index is 1460. The summed E-state index contributed by atoms with van der Waals surface area (Å²) in [5.41, 5.74) is -5.08. The molecule has 6 aliphatic carbocycles. The van der Waals surface area contributed by atoms with Gasteiger partial charge in [-0.1, -0.05) is 62.3 Å². The van der Waals surface area contributed by atoms with Crippen molar-refractivity contribution in [2.45, 2.75) is 119 Å². The molecular formula is C36H45F9O6Yb. The SMILES string of the molecule is CC1(C)[C@H]2CC[C@]1(C)C(=O)/C2=C(\O)C(F)(F)F.CC1(C)[C@H]2CC[C@]1(C)C(=O)/C2=C(\O)C(F)(F)F.CC1(C)[C@H]2CC[C@]1(C)C(=O)/C2=C(\O)C(F)(F)F.[Yb]. The van der Waals surface area contributed by atoms with Gasteiger partial charge in [0.1, 0.15) is 0 Å². The zero-order chi connectivity index (χ0) is 39.7. The van der Waals surface area contributed by atoms with E-state index in [2.05, 4.69) is 0 Å². The molecule has 0 amide bonds. The van der Waals surface area contributed by atoms with Gasteiger partial charge in [0.2, 0.25) is 17.3 Å². The molecule has 0 aromatic heterocycles. The van der Waals surface area contributed by atoms with E-state index in [0.29, 0.717) is 38.5 Å². The second-order valence-corrected chi connectivity index (χ2v) is 17.2. The Kier molecular flexibility index (Phi) is 11.3. The Morgan fingerprint density at radius 3 is 0.750 bits per heavy atom. The van der Waals surface area contributed by atoms with Crippen molar-refractivity contribution in [1.29, 1.82) is 0 Å². The van der Waals surface area contributed by atoms with Crippen LogP contribution in [0.25, 0.3) is 0 Å². The molecule has 6 fully saturated rings. The number of aliphatic hydroxyl groups is 3. The van der Waals surface area contributed by atoms with Gasteiger partial charge < -0.3 is 15.3 Å². The van der Waals surface area contributed by atoms with Crippen LogP contribution in [0, 0.1) is 97.2 Å². The van der Waals surface area contributed by atoms with E-state index in [-0.39, 0.29) is 46.9 Å². The van der Waals surface area contributed by atoms with Crippen molar-refractivity contribution in [3.8, 4) is 0 Å². The third-order valence-electron chi connectivity index (χ3n) is 14.5. The number of rotatable bonds is 0. The summed E-state index contributed by atoms with van der Waals surface area (Å²) in [6.45, 7) is 15.9. The van der Waals surface area contributed by atoms with Crippen molar-refractivity contribution in [3.63, 3.8) is 0 Å². The number of hydrogen-bond acceptors (Lipinski definition) is 6. The summed E-state index contributed by atoms with van der Waals surface area (Å²) in [5.74, 6) is -8.13. The van der Waals surface area contributed by atoms with Gasteiger partial charge in [-0.15, -0.1) is 0 Å². The number of carbonyl (C=O) groups is 3. The van der Waals surface area contributed by atoms with Gasteiger partial charge in [-0.3, -0.25) is 14.4 Å². The summed E-state index contributed by atoms with van der Waals surface area (Å²) < 4.78 is 113. The fourth-order valence-corrected chi connectivity index (χ4v) is 9.88. The van der Waals surface area contributed by atoms with Gasteiger partial charge in [-0.2, -0.15) is 39.5 Å². The quantitative estimate of drug-likeness (QED) is 0.127. The summed E-state index contributed by atoms with van der Waals surface area (Å²) in [5, 5.41) is 27.8. The maximum Gasteiger partial charge on any atom is 0.449 e. The van der Waals surface area contributed by atoms with E-state index in [4.69, 9.17) is 0 Å². The van der Waals surface area contributed by atoms with Crippen LogP contribution in [0.2, 0.25) is 0 Å². The molecule has 0 aromatic rings. The summed E-state index contributed by atoms with van der Waals surface area (Å²) in [7, 11) is 0. The number of carbonyl (C=O) groups excluding carboxylic acids is 3. The molecule has 302 valence electrons. The number of ketones is 3. The van der Waals surface area contributed by atoms with Crippen LogP contribution in [-0.2, 0) is 14.4 Å². The number of allylic oxidation sites excluding steroid dienone is 6. The first-order valence-electron chi connectivity index (χ1n) is 16.8. The van der Waals surface area contributed by atoms with Crippen molar-refractivity contribution >= 4 is 17.3 Å². The molecule has 0 spiro atoms. The standard InChI is InChI=1S/3C12H15F3O2.Yb/c3*1-10(2)6-4-5-11(10,3)8(16)7(6)9(17)12(13,14)15;/h3*6,17H,4-5H2,1-3H3;/b3*9-7-;/t3*6-,11+;/m000./s1. The third-order valence-corrected chi connectivity index (χ3v) is 14.5. The first-order valence-corrected chi connectivity index (χ1v) is 16.8. The van der Waals surface area contributed by atoms with Gasteiger partial charge in [0.05, 0.1) is 0 Å². The van der Waals surface area contributed by atoms with Gasteiger partial charge >= 0.3 is 18.5 Å². The molecule has 6 saturated carbocycles. The van der Waals surface area contributed by atoms with Crippen LogP contribution in [0.4, 0.5) is 39.5 Å². The monoisotopic (exact) mass is 918 g/mol. The van der Waals surface area contributed by atoms with Crippen LogP contribution in [0.1, 0.15) is 101 Å². The number of halogens is 9. The molecule has 6 bridgehead atoms. The molecule has 6 atom stereocenters. The minimum absolute atomic E-state index is 0.